The van der Waals surface area contributed by atoms with E-state index in [1.165, 1.54) is 0 Å². The SMILES string of the molecule is CCSCCOc1c(CNC(C)(C)C)cccc1OC. The van der Waals surface area contributed by atoms with Crippen LogP contribution >= 0.6 is 11.8 Å². The molecule has 4 heteroatoms. The molecule has 3 nitrogen and oxygen atoms in total. The van der Waals surface area contributed by atoms with Gasteiger partial charge in [0.1, 0.15) is 0 Å². The largest absolute Gasteiger partial charge is 0.493 e. The van der Waals surface area contributed by atoms with Gasteiger partial charge in [0.05, 0.1) is 13.7 Å². The topological polar surface area (TPSA) is 30.5 Å². The van der Waals surface area contributed by atoms with Gasteiger partial charge in [-0.15, -0.1) is 0 Å². The van der Waals surface area contributed by atoms with Gasteiger partial charge in [0.2, 0.25) is 0 Å². The highest BCUT2D eigenvalue weighted by Crippen LogP contribution is 2.31. The predicted molar refractivity (Wildman–Crippen MR) is 88.1 cm³/mol. The van der Waals surface area contributed by atoms with E-state index in [0.29, 0.717) is 6.61 Å². The van der Waals surface area contributed by atoms with E-state index in [0.717, 1.165) is 35.1 Å². The maximum atomic E-state index is 5.94. The van der Waals surface area contributed by atoms with Gasteiger partial charge in [0.25, 0.3) is 0 Å². The molecule has 0 fully saturated rings. The average molecular weight is 297 g/mol. The first-order valence-electron chi connectivity index (χ1n) is 7.09. The molecule has 1 N–H and O–H groups in total. The van der Waals surface area contributed by atoms with Crippen LogP contribution in [0.2, 0.25) is 0 Å². The van der Waals surface area contributed by atoms with Crippen molar-refractivity contribution in [2.75, 3.05) is 25.2 Å². The lowest BCUT2D eigenvalue weighted by molar-refractivity contribution is 0.307. The van der Waals surface area contributed by atoms with E-state index in [1.54, 1.807) is 7.11 Å². The Balaban J connectivity index is 2.76. The van der Waals surface area contributed by atoms with E-state index in [1.807, 2.05) is 23.9 Å². The third kappa shape index (κ3) is 6.06. The molecule has 0 spiro atoms. The molecule has 0 radical (unpaired) electrons. The van der Waals surface area contributed by atoms with E-state index < -0.39 is 0 Å². The van der Waals surface area contributed by atoms with E-state index >= 15 is 0 Å². The van der Waals surface area contributed by atoms with Gasteiger partial charge in [0, 0.05) is 23.4 Å². The van der Waals surface area contributed by atoms with Crippen molar-refractivity contribution in [2.45, 2.75) is 39.8 Å². The highest BCUT2D eigenvalue weighted by Gasteiger charge is 2.14. The van der Waals surface area contributed by atoms with E-state index in [4.69, 9.17) is 9.47 Å². The molecule has 0 aliphatic rings. The van der Waals surface area contributed by atoms with Gasteiger partial charge >= 0.3 is 0 Å². The standard InChI is InChI=1S/C16H27NO2S/c1-6-20-11-10-19-15-13(12-17-16(2,3)4)8-7-9-14(15)18-5/h7-9,17H,6,10-12H2,1-5H3. The molecule has 0 aromatic heterocycles. The first-order valence-corrected chi connectivity index (χ1v) is 8.25. The van der Waals surface area contributed by atoms with Gasteiger partial charge in [0.15, 0.2) is 11.5 Å². The molecule has 0 amide bonds. The summed E-state index contributed by atoms with van der Waals surface area (Å²) in [6.45, 7) is 10.1. The summed E-state index contributed by atoms with van der Waals surface area (Å²) in [7, 11) is 1.68. The third-order valence-electron chi connectivity index (χ3n) is 2.77. The second-order valence-corrected chi connectivity index (χ2v) is 6.99. The molecule has 0 saturated heterocycles. The molecular formula is C16H27NO2S. The van der Waals surface area contributed by atoms with Crippen molar-refractivity contribution in [1.29, 1.82) is 0 Å². The van der Waals surface area contributed by atoms with E-state index in [2.05, 4.69) is 39.1 Å². The van der Waals surface area contributed by atoms with Crippen LogP contribution in [0.15, 0.2) is 18.2 Å². The molecular weight excluding hydrogens is 270 g/mol. The highest BCUT2D eigenvalue weighted by molar-refractivity contribution is 7.99. The Morgan fingerprint density at radius 1 is 1.25 bits per heavy atom. The summed E-state index contributed by atoms with van der Waals surface area (Å²) in [5.41, 5.74) is 1.22. The van der Waals surface area contributed by atoms with Crippen LogP contribution in [0, 0.1) is 0 Å². The van der Waals surface area contributed by atoms with Gasteiger partial charge in [-0.3, -0.25) is 0 Å². The number of benzene rings is 1. The van der Waals surface area contributed by atoms with Crippen LogP contribution in [-0.2, 0) is 6.54 Å². The minimum absolute atomic E-state index is 0.0818. The Labute approximate surface area is 127 Å². The fourth-order valence-electron chi connectivity index (χ4n) is 1.73. The van der Waals surface area contributed by atoms with Crippen molar-refractivity contribution in [3.8, 4) is 11.5 Å². The lowest BCUT2D eigenvalue weighted by Gasteiger charge is -2.22. The van der Waals surface area contributed by atoms with Crippen molar-refractivity contribution in [3.05, 3.63) is 23.8 Å². The number of methoxy groups -OCH3 is 1. The zero-order chi connectivity index (χ0) is 15.0. The molecule has 0 aliphatic heterocycles. The molecule has 0 saturated carbocycles. The molecule has 0 atom stereocenters. The van der Waals surface area contributed by atoms with E-state index in [9.17, 15) is 0 Å². The van der Waals surface area contributed by atoms with Crippen LogP contribution in [0.1, 0.15) is 33.3 Å². The molecule has 1 aromatic carbocycles. The minimum atomic E-state index is 0.0818. The lowest BCUT2D eigenvalue weighted by Crippen LogP contribution is -2.35. The van der Waals surface area contributed by atoms with Gasteiger partial charge in [-0.05, 0) is 32.6 Å². The second-order valence-electron chi connectivity index (χ2n) is 5.60. The Bertz CT molecular complexity index is 402. The van der Waals surface area contributed by atoms with Crippen LogP contribution in [0.5, 0.6) is 11.5 Å². The molecule has 114 valence electrons. The number of rotatable bonds is 8. The summed E-state index contributed by atoms with van der Waals surface area (Å²) in [5, 5.41) is 3.49. The van der Waals surface area contributed by atoms with Gasteiger partial charge in [-0.2, -0.15) is 11.8 Å². The predicted octanol–water partition coefficient (Wildman–Crippen LogP) is 3.72. The number of para-hydroxylation sites is 1. The van der Waals surface area contributed by atoms with Crippen LogP contribution < -0.4 is 14.8 Å². The van der Waals surface area contributed by atoms with Gasteiger partial charge < -0.3 is 14.8 Å². The quantitative estimate of drug-likeness (QED) is 0.741. The van der Waals surface area contributed by atoms with Gasteiger partial charge in [-0.1, -0.05) is 19.1 Å². The fraction of sp³-hybridized carbons (Fsp3) is 0.625. The molecule has 1 rings (SSSR count). The van der Waals surface area contributed by atoms with Crippen molar-refractivity contribution in [2.24, 2.45) is 0 Å². The molecule has 0 heterocycles. The van der Waals surface area contributed by atoms with Crippen molar-refractivity contribution < 1.29 is 9.47 Å². The maximum Gasteiger partial charge on any atom is 0.165 e. The Hall–Kier alpha value is -0.870. The smallest absolute Gasteiger partial charge is 0.165 e. The summed E-state index contributed by atoms with van der Waals surface area (Å²) in [6, 6.07) is 6.04. The number of nitrogens with one attached hydrogen (secondary N) is 1. The zero-order valence-corrected chi connectivity index (χ0v) is 14.1. The van der Waals surface area contributed by atoms with E-state index in [-0.39, 0.29) is 5.54 Å². The first-order chi connectivity index (χ1) is 9.48. The zero-order valence-electron chi connectivity index (χ0n) is 13.3. The highest BCUT2D eigenvalue weighted by atomic mass is 32.2. The summed E-state index contributed by atoms with van der Waals surface area (Å²) in [5.74, 6) is 3.79. The number of hydrogen-bond acceptors (Lipinski definition) is 4. The number of hydrogen-bond donors (Lipinski definition) is 1. The fourth-order valence-corrected chi connectivity index (χ4v) is 2.22. The molecule has 0 unspecified atom stereocenters. The van der Waals surface area contributed by atoms with Crippen LogP contribution in [-0.4, -0.2) is 30.8 Å². The lowest BCUT2D eigenvalue weighted by atomic mass is 10.1. The second kappa shape index (κ2) is 8.42. The van der Waals surface area contributed by atoms with Crippen molar-refractivity contribution in [1.82, 2.24) is 5.32 Å². The molecule has 20 heavy (non-hydrogen) atoms. The average Bonchev–Trinajstić information content (AvgIpc) is 2.41. The first kappa shape index (κ1) is 17.2. The summed E-state index contributed by atoms with van der Waals surface area (Å²) < 4.78 is 11.4. The van der Waals surface area contributed by atoms with Crippen LogP contribution in [0.3, 0.4) is 0 Å². The van der Waals surface area contributed by atoms with Crippen molar-refractivity contribution >= 4 is 11.8 Å². The summed E-state index contributed by atoms with van der Waals surface area (Å²) >= 11 is 1.88. The Morgan fingerprint density at radius 2 is 2.00 bits per heavy atom. The maximum absolute atomic E-state index is 5.94. The summed E-state index contributed by atoms with van der Waals surface area (Å²) in [4.78, 5) is 0. The number of ether oxygens (including phenoxy) is 2. The Morgan fingerprint density at radius 3 is 2.60 bits per heavy atom. The number of thioether (sulfide) groups is 1. The normalized spacial score (nSPS) is 11.4. The van der Waals surface area contributed by atoms with Gasteiger partial charge in [-0.25, -0.2) is 0 Å². The summed E-state index contributed by atoms with van der Waals surface area (Å²) in [6.07, 6.45) is 0. The molecule has 0 aliphatic carbocycles. The Kier molecular flexibility index (Phi) is 7.24. The van der Waals surface area contributed by atoms with Crippen molar-refractivity contribution in [3.63, 3.8) is 0 Å². The van der Waals surface area contributed by atoms with Crippen LogP contribution in [0.25, 0.3) is 0 Å². The molecule has 1 aromatic rings. The third-order valence-corrected chi connectivity index (χ3v) is 3.63. The minimum Gasteiger partial charge on any atom is -0.493 e. The molecule has 0 bridgehead atoms. The van der Waals surface area contributed by atoms with Crippen LogP contribution in [0.4, 0.5) is 0 Å². The monoisotopic (exact) mass is 297 g/mol.